The molecule has 0 spiro atoms. The molecular weight excluding hydrogens is 323 g/mol. The molecule has 1 aromatic heterocycles. The molecule has 1 heterocycles. The molecule has 0 bridgehead atoms. The van der Waals surface area contributed by atoms with Gasteiger partial charge in [-0.15, -0.1) is 12.4 Å². The lowest BCUT2D eigenvalue weighted by atomic mass is 10.2. The van der Waals surface area contributed by atoms with Gasteiger partial charge in [0.05, 0.1) is 11.3 Å². The van der Waals surface area contributed by atoms with Crippen LogP contribution in [0.25, 0.3) is 5.69 Å². The van der Waals surface area contributed by atoms with E-state index < -0.39 is 23.0 Å². The first-order chi connectivity index (χ1) is 9.75. The van der Waals surface area contributed by atoms with E-state index in [1.807, 2.05) is 0 Å². The molecule has 0 saturated heterocycles. The standard InChI is InChI=1S/C13H12F3N3O2.ClH/c1-18-11(20)8(6-17)7-19(12(18)21)10-4-2-9(3-5-10)13(14,15)16;/h2-5,7H,6,17H2,1H3;1H. The van der Waals surface area contributed by atoms with Crippen LogP contribution in [0.2, 0.25) is 0 Å². The van der Waals surface area contributed by atoms with Gasteiger partial charge in [-0.2, -0.15) is 13.2 Å². The third-order valence-corrected chi connectivity index (χ3v) is 3.05. The van der Waals surface area contributed by atoms with E-state index in [4.69, 9.17) is 5.73 Å². The Hall–Kier alpha value is -2.06. The predicted molar refractivity (Wildman–Crippen MR) is 77.4 cm³/mol. The van der Waals surface area contributed by atoms with E-state index in [9.17, 15) is 22.8 Å². The molecule has 120 valence electrons. The number of alkyl halides is 3. The topological polar surface area (TPSA) is 70.0 Å². The van der Waals surface area contributed by atoms with Crippen LogP contribution in [0.3, 0.4) is 0 Å². The molecule has 0 unspecified atom stereocenters. The third-order valence-electron chi connectivity index (χ3n) is 3.05. The van der Waals surface area contributed by atoms with Crippen LogP contribution in [0.4, 0.5) is 13.2 Å². The second-order valence-corrected chi connectivity index (χ2v) is 4.42. The average Bonchev–Trinajstić information content (AvgIpc) is 2.44. The number of aromatic nitrogens is 2. The molecule has 0 atom stereocenters. The maximum Gasteiger partial charge on any atom is 0.416 e. The summed E-state index contributed by atoms with van der Waals surface area (Å²) in [4.78, 5) is 23.7. The van der Waals surface area contributed by atoms with E-state index in [0.717, 1.165) is 33.4 Å². The molecule has 9 heteroatoms. The highest BCUT2D eigenvalue weighted by Gasteiger charge is 2.30. The van der Waals surface area contributed by atoms with Crippen molar-refractivity contribution in [2.75, 3.05) is 0 Å². The average molecular weight is 336 g/mol. The predicted octanol–water partition coefficient (Wildman–Crippen LogP) is 1.44. The second-order valence-electron chi connectivity index (χ2n) is 4.42. The SMILES string of the molecule is Cl.Cn1c(=O)c(CN)cn(-c2ccc(C(F)(F)F)cc2)c1=O. The van der Waals surface area contributed by atoms with Gasteiger partial charge < -0.3 is 5.73 Å². The Labute approximate surface area is 129 Å². The van der Waals surface area contributed by atoms with Crippen LogP contribution >= 0.6 is 12.4 Å². The minimum atomic E-state index is -4.45. The number of hydrogen-bond acceptors (Lipinski definition) is 3. The highest BCUT2D eigenvalue weighted by Crippen LogP contribution is 2.29. The van der Waals surface area contributed by atoms with Crippen molar-refractivity contribution < 1.29 is 13.2 Å². The Morgan fingerprint density at radius 2 is 1.68 bits per heavy atom. The highest BCUT2D eigenvalue weighted by atomic mass is 35.5. The van der Waals surface area contributed by atoms with Crippen molar-refractivity contribution in [1.82, 2.24) is 9.13 Å². The lowest BCUT2D eigenvalue weighted by Gasteiger charge is -2.11. The van der Waals surface area contributed by atoms with Gasteiger partial charge in [-0.3, -0.25) is 13.9 Å². The summed E-state index contributed by atoms with van der Waals surface area (Å²) in [6, 6.07) is 4.06. The highest BCUT2D eigenvalue weighted by molar-refractivity contribution is 5.85. The van der Waals surface area contributed by atoms with Crippen molar-refractivity contribution in [3.05, 3.63) is 62.4 Å². The Morgan fingerprint density at radius 1 is 1.14 bits per heavy atom. The number of hydrogen-bond donors (Lipinski definition) is 1. The van der Waals surface area contributed by atoms with Crippen LogP contribution in [0.5, 0.6) is 0 Å². The smallest absolute Gasteiger partial charge is 0.326 e. The van der Waals surface area contributed by atoms with Crippen molar-refractivity contribution in [2.45, 2.75) is 12.7 Å². The number of benzene rings is 1. The Bertz CT molecular complexity index is 779. The molecule has 0 amide bonds. The molecule has 5 nitrogen and oxygen atoms in total. The fourth-order valence-corrected chi connectivity index (χ4v) is 1.87. The summed E-state index contributed by atoms with van der Waals surface area (Å²) < 4.78 is 39.5. The molecule has 0 radical (unpaired) electrons. The van der Waals surface area contributed by atoms with Gasteiger partial charge in [0.1, 0.15) is 0 Å². The number of rotatable bonds is 2. The number of nitrogens with zero attached hydrogens (tertiary/aromatic N) is 2. The molecular formula is C13H13ClF3N3O2. The Morgan fingerprint density at radius 3 is 2.14 bits per heavy atom. The summed E-state index contributed by atoms with van der Waals surface area (Å²) in [5.74, 6) is 0. The van der Waals surface area contributed by atoms with E-state index in [1.54, 1.807) is 0 Å². The zero-order valence-corrected chi connectivity index (χ0v) is 12.2. The normalized spacial score (nSPS) is 11.1. The van der Waals surface area contributed by atoms with Crippen molar-refractivity contribution in [3.63, 3.8) is 0 Å². The first kappa shape index (κ1) is 18.0. The van der Waals surface area contributed by atoms with Gasteiger partial charge in [0, 0.05) is 25.4 Å². The fraction of sp³-hybridized carbons (Fsp3) is 0.231. The van der Waals surface area contributed by atoms with Gasteiger partial charge in [-0.05, 0) is 24.3 Å². The molecule has 0 saturated carbocycles. The second kappa shape index (κ2) is 6.37. The quantitative estimate of drug-likeness (QED) is 0.902. The molecule has 2 aromatic rings. The Kier molecular flexibility index (Phi) is 5.21. The van der Waals surface area contributed by atoms with Crippen LogP contribution in [0, 0.1) is 0 Å². The van der Waals surface area contributed by atoms with Gasteiger partial charge in [0.25, 0.3) is 5.56 Å². The summed E-state index contributed by atoms with van der Waals surface area (Å²) >= 11 is 0. The van der Waals surface area contributed by atoms with E-state index >= 15 is 0 Å². The molecule has 0 aliphatic rings. The Balaban J connectivity index is 0.00000242. The zero-order chi connectivity index (χ0) is 15.8. The van der Waals surface area contributed by atoms with E-state index in [0.29, 0.717) is 0 Å². The molecule has 2 rings (SSSR count). The van der Waals surface area contributed by atoms with E-state index in [1.165, 1.54) is 13.2 Å². The van der Waals surface area contributed by atoms with Crippen LogP contribution in [-0.2, 0) is 19.8 Å². The van der Waals surface area contributed by atoms with Gasteiger partial charge >= 0.3 is 11.9 Å². The van der Waals surface area contributed by atoms with Crippen LogP contribution in [0.1, 0.15) is 11.1 Å². The van der Waals surface area contributed by atoms with Crippen molar-refractivity contribution in [3.8, 4) is 5.69 Å². The van der Waals surface area contributed by atoms with Gasteiger partial charge in [0.15, 0.2) is 0 Å². The molecule has 1 aromatic carbocycles. The summed E-state index contributed by atoms with van der Waals surface area (Å²) in [6.07, 6.45) is -3.21. The summed E-state index contributed by atoms with van der Waals surface area (Å²) in [5, 5.41) is 0. The number of nitrogens with two attached hydrogens (primary N) is 1. The first-order valence-corrected chi connectivity index (χ1v) is 5.95. The minimum absolute atomic E-state index is 0. The van der Waals surface area contributed by atoms with Crippen LogP contribution in [-0.4, -0.2) is 9.13 Å². The molecule has 22 heavy (non-hydrogen) atoms. The van der Waals surface area contributed by atoms with Crippen molar-refractivity contribution >= 4 is 12.4 Å². The van der Waals surface area contributed by atoms with Crippen LogP contribution < -0.4 is 17.0 Å². The van der Waals surface area contributed by atoms with Gasteiger partial charge in [0.2, 0.25) is 0 Å². The third kappa shape index (κ3) is 3.23. The monoisotopic (exact) mass is 335 g/mol. The molecule has 0 aliphatic carbocycles. The van der Waals surface area contributed by atoms with Crippen molar-refractivity contribution in [1.29, 1.82) is 0 Å². The summed E-state index contributed by atoms with van der Waals surface area (Å²) in [6.45, 7) is -0.0758. The van der Waals surface area contributed by atoms with Gasteiger partial charge in [-0.1, -0.05) is 0 Å². The van der Waals surface area contributed by atoms with Crippen LogP contribution in [0.15, 0.2) is 40.1 Å². The maximum absolute atomic E-state index is 12.5. The largest absolute Gasteiger partial charge is 0.416 e. The molecule has 2 N–H and O–H groups in total. The molecule has 0 aliphatic heterocycles. The summed E-state index contributed by atoms with van der Waals surface area (Å²) in [7, 11) is 1.28. The minimum Gasteiger partial charge on any atom is -0.326 e. The fourth-order valence-electron chi connectivity index (χ4n) is 1.87. The summed E-state index contributed by atoms with van der Waals surface area (Å²) in [5.41, 5.74) is 3.84. The lowest BCUT2D eigenvalue weighted by Crippen LogP contribution is -2.39. The van der Waals surface area contributed by atoms with E-state index in [-0.39, 0.29) is 30.2 Å². The van der Waals surface area contributed by atoms with Crippen molar-refractivity contribution in [2.24, 2.45) is 12.8 Å². The van der Waals surface area contributed by atoms with E-state index in [2.05, 4.69) is 0 Å². The zero-order valence-electron chi connectivity index (χ0n) is 11.4. The first-order valence-electron chi connectivity index (χ1n) is 5.95. The lowest BCUT2D eigenvalue weighted by molar-refractivity contribution is -0.137. The van der Waals surface area contributed by atoms with Gasteiger partial charge in [-0.25, -0.2) is 4.79 Å². The molecule has 0 fully saturated rings. The number of halogens is 4. The maximum atomic E-state index is 12.5.